The van der Waals surface area contributed by atoms with Gasteiger partial charge < -0.3 is 15.8 Å². The van der Waals surface area contributed by atoms with Gasteiger partial charge in [-0.05, 0) is 51.0 Å². The molecule has 0 bridgehead atoms. The summed E-state index contributed by atoms with van der Waals surface area (Å²) in [5.41, 5.74) is 9.83. The van der Waals surface area contributed by atoms with Crippen molar-refractivity contribution in [3.05, 3.63) is 115 Å². The van der Waals surface area contributed by atoms with E-state index in [-0.39, 0.29) is 72.8 Å². The van der Waals surface area contributed by atoms with E-state index in [0.29, 0.717) is 0 Å². The molecule has 0 amide bonds. The van der Waals surface area contributed by atoms with E-state index in [1.54, 1.807) is 0 Å². The average Bonchev–Trinajstić information content (AvgIpc) is 3.82. The number of hydrogen-bond acceptors (Lipinski definition) is 3. The second-order valence-corrected chi connectivity index (χ2v) is 6.14. The summed E-state index contributed by atoms with van der Waals surface area (Å²) in [4.78, 5) is 7.75. The van der Waals surface area contributed by atoms with Gasteiger partial charge in [-0.1, -0.05) is 161 Å². The summed E-state index contributed by atoms with van der Waals surface area (Å²) in [6.45, 7) is 27.4. The summed E-state index contributed by atoms with van der Waals surface area (Å²) in [5, 5.41) is 2.80. The Morgan fingerprint density at radius 1 is 0.571 bits per heavy atom. The van der Waals surface area contributed by atoms with E-state index in [1.165, 1.54) is 11.1 Å². The molecule has 0 unspecified atom stereocenters. The molecule has 3 nitrogen and oxygen atoms in total. The van der Waals surface area contributed by atoms with Crippen LogP contribution in [0.5, 0.6) is 0 Å². The van der Waals surface area contributed by atoms with Gasteiger partial charge in [0.1, 0.15) is 0 Å². The van der Waals surface area contributed by atoms with Gasteiger partial charge in [0, 0.05) is 76.8 Å². The molecule has 0 spiro atoms. The first-order chi connectivity index (χ1) is 19.1. The standard InChI is InChI=1S/C8H10N.C7H9N.2C5H6.5C2H6.CHO.CH4.2Y/c1-7-3-5-8(9-2)6-4-7;1-6-2-4-7(8)5-3-6;2*1-2-4-5-3-1;6*1-2;;;/h3-6,9H,2H2,1H3;2-5H,8H2,1H3;2*1-4H,5H2;5*1-2H3;1H;1H4;;/q-1;;;;;;;;;-1;;;. The van der Waals surface area contributed by atoms with Crippen LogP contribution in [0.1, 0.15) is 101 Å². The van der Waals surface area contributed by atoms with Gasteiger partial charge in [0.15, 0.2) is 0 Å². The molecule has 2 radical (unpaired) electrons. The van der Waals surface area contributed by atoms with E-state index >= 15 is 0 Å². The predicted octanol–water partition coefficient (Wildman–Crippen LogP) is 12.3. The fraction of sp³-hybridized carbons (Fsp3) is 0.405. The Morgan fingerprint density at radius 3 is 0.976 bits per heavy atom. The molecule has 0 aliphatic heterocycles. The van der Waals surface area contributed by atoms with Gasteiger partial charge in [-0.2, -0.15) is 0 Å². The molecule has 238 valence electrons. The average molecular weight is 733 g/mol. The van der Waals surface area contributed by atoms with Crippen LogP contribution in [0.25, 0.3) is 0 Å². The number of aryl methyl sites for hydroxylation is 2. The largest absolute Gasteiger partial charge is 0.545 e. The minimum atomic E-state index is 0. The van der Waals surface area contributed by atoms with Crippen LogP contribution in [0.3, 0.4) is 0 Å². The molecule has 0 saturated carbocycles. The van der Waals surface area contributed by atoms with Crippen molar-refractivity contribution in [2.24, 2.45) is 0 Å². The summed E-state index contributed by atoms with van der Waals surface area (Å²) in [7, 11) is 3.54. The van der Waals surface area contributed by atoms with Gasteiger partial charge in [-0.3, -0.25) is 13.8 Å². The molecule has 2 aliphatic rings. The van der Waals surface area contributed by atoms with E-state index in [9.17, 15) is 0 Å². The molecule has 5 heteroatoms. The van der Waals surface area contributed by atoms with Crippen LogP contribution < -0.4 is 11.1 Å². The smallest absolute Gasteiger partial charge is 0.0314 e. The number of nitrogen functional groups attached to an aromatic ring is 1. The van der Waals surface area contributed by atoms with Crippen molar-refractivity contribution in [3.63, 3.8) is 0 Å². The normalized spacial score (nSPS) is 8.69. The Labute approximate surface area is 315 Å². The maximum atomic E-state index is 7.75. The third-order valence-electron chi connectivity index (χ3n) is 3.64. The minimum absolute atomic E-state index is 0. The molecule has 4 rings (SSSR count). The summed E-state index contributed by atoms with van der Waals surface area (Å²) >= 11 is 0. The molecule has 0 atom stereocenters. The number of anilines is 2. The van der Waals surface area contributed by atoms with Crippen LogP contribution in [0, 0.1) is 20.9 Å². The van der Waals surface area contributed by atoms with Gasteiger partial charge in [0.25, 0.3) is 0 Å². The molecule has 3 N–H and O–H groups in total. The van der Waals surface area contributed by atoms with Gasteiger partial charge >= 0.3 is 0 Å². The predicted molar refractivity (Wildman–Crippen MR) is 192 cm³/mol. The molecule has 0 heterocycles. The SMILES string of the molecule is C.C1=CCC=C1.C1=CCC=C1.CC.CC.CC.CC.CC.Cc1ccc(N)cc1.[CH-]=O.[CH2-]Nc1ccc(C)cc1.[Y].[Y]. The summed E-state index contributed by atoms with van der Waals surface area (Å²) in [6, 6.07) is 15.9. The first-order valence-corrected chi connectivity index (χ1v) is 14.4. The topological polar surface area (TPSA) is 55.1 Å². The van der Waals surface area contributed by atoms with E-state index in [1.807, 2.05) is 125 Å². The first kappa shape index (κ1) is 64.0. The molecule has 0 saturated heterocycles. The number of allylic oxidation sites excluding steroid dienone is 8. The molecule has 2 aliphatic carbocycles. The summed E-state index contributed by atoms with van der Waals surface area (Å²) < 4.78 is 0. The van der Waals surface area contributed by atoms with Gasteiger partial charge in [-0.15, -0.1) is 0 Å². The first-order valence-electron chi connectivity index (χ1n) is 14.4. The van der Waals surface area contributed by atoms with Crippen LogP contribution in [-0.2, 0) is 70.2 Å². The Morgan fingerprint density at radius 2 is 0.810 bits per heavy atom. The van der Waals surface area contributed by atoms with E-state index in [2.05, 4.69) is 74.7 Å². The number of carbonyl (C=O) groups excluding carboxylic acids is 1. The fourth-order valence-corrected chi connectivity index (χ4v) is 2.02. The van der Waals surface area contributed by atoms with Crippen LogP contribution in [0.15, 0.2) is 97.1 Å². The van der Waals surface area contributed by atoms with Gasteiger partial charge in [0.2, 0.25) is 0 Å². The quantitative estimate of drug-likeness (QED) is 0.174. The summed E-state index contributed by atoms with van der Waals surface area (Å²) in [5.74, 6) is 0. The van der Waals surface area contributed by atoms with Crippen LogP contribution in [0.2, 0.25) is 0 Å². The molecular weight excluding hydrogens is 666 g/mol. The van der Waals surface area contributed by atoms with Crippen molar-refractivity contribution in [2.45, 2.75) is 103 Å². The zero-order valence-corrected chi connectivity index (χ0v) is 34.3. The van der Waals surface area contributed by atoms with Crippen molar-refractivity contribution in [1.29, 1.82) is 0 Å². The number of benzene rings is 2. The van der Waals surface area contributed by atoms with E-state index < -0.39 is 0 Å². The Bertz CT molecular complexity index is 704. The summed E-state index contributed by atoms with van der Waals surface area (Å²) in [6.07, 6.45) is 19.0. The van der Waals surface area contributed by atoms with Crippen molar-refractivity contribution in [3.8, 4) is 0 Å². The van der Waals surface area contributed by atoms with Gasteiger partial charge in [-0.25, -0.2) is 0 Å². The second kappa shape index (κ2) is 67.5. The third kappa shape index (κ3) is 58.5. The number of rotatable bonds is 1. The van der Waals surface area contributed by atoms with Crippen LogP contribution >= 0.6 is 0 Å². The maximum Gasteiger partial charge on any atom is 0.0314 e. The Kier molecular flexibility index (Phi) is 103. The van der Waals surface area contributed by atoms with Crippen LogP contribution in [-0.4, -0.2) is 6.79 Å². The van der Waals surface area contributed by atoms with E-state index in [0.717, 1.165) is 24.2 Å². The molecule has 0 aromatic heterocycles. The molecule has 0 fully saturated rings. The van der Waals surface area contributed by atoms with Crippen molar-refractivity contribution >= 4 is 18.2 Å². The van der Waals surface area contributed by atoms with Crippen molar-refractivity contribution in [2.75, 3.05) is 11.1 Å². The van der Waals surface area contributed by atoms with Crippen LogP contribution in [0.4, 0.5) is 11.4 Å². The van der Waals surface area contributed by atoms with Crippen molar-refractivity contribution < 1.29 is 70.2 Å². The maximum absolute atomic E-state index is 7.75. The monoisotopic (exact) mass is 732 g/mol. The number of nitrogens with two attached hydrogens (primary N) is 1. The van der Waals surface area contributed by atoms with Crippen molar-refractivity contribution in [1.82, 2.24) is 0 Å². The zero-order chi connectivity index (χ0) is 31.7. The molecule has 2 aromatic rings. The zero-order valence-electron chi connectivity index (χ0n) is 28.6. The molecular formula is C37H66N2OY2-2. The third-order valence-corrected chi connectivity index (χ3v) is 3.64. The molecule has 2 aromatic carbocycles. The number of hydrogen-bond donors (Lipinski definition) is 2. The fourth-order valence-electron chi connectivity index (χ4n) is 2.02. The van der Waals surface area contributed by atoms with E-state index in [4.69, 9.17) is 10.5 Å². The van der Waals surface area contributed by atoms with Gasteiger partial charge in [0.05, 0.1) is 0 Å². The minimum Gasteiger partial charge on any atom is -0.545 e. The molecule has 42 heavy (non-hydrogen) atoms. The number of nitrogens with one attached hydrogen (secondary N) is 1. The second-order valence-electron chi connectivity index (χ2n) is 6.14. The Balaban J connectivity index is -0.0000000438. The Hall–Kier alpha value is -1.12.